The Balaban J connectivity index is 1.54. The van der Waals surface area contributed by atoms with Gasteiger partial charge in [0, 0.05) is 48.6 Å². The standard InChI is InChI=1S/C23H24BrN3O/c1-26-12-5-10-21(26)22(15-25-23(28)18-8-4-9-20(24)14-18)27-13-11-17-6-2-3-7-19(17)16-27/h2-10,12,14,22H,11,13,15-16H2,1H3,(H,25,28). The summed E-state index contributed by atoms with van der Waals surface area (Å²) in [6.07, 6.45) is 3.10. The van der Waals surface area contributed by atoms with Gasteiger partial charge in [-0.25, -0.2) is 0 Å². The van der Waals surface area contributed by atoms with Crippen molar-refractivity contribution in [3.8, 4) is 0 Å². The average Bonchev–Trinajstić information content (AvgIpc) is 3.13. The van der Waals surface area contributed by atoms with Crippen LogP contribution in [0.15, 0.2) is 71.3 Å². The molecule has 1 aromatic heterocycles. The Bertz CT molecular complexity index is 981. The molecule has 28 heavy (non-hydrogen) atoms. The molecular formula is C23H24BrN3O. The Labute approximate surface area is 174 Å². The average molecular weight is 438 g/mol. The lowest BCUT2D eigenvalue weighted by Crippen LogP contribution is -2.41. The Kier molecular flexibility index (Phi) is 5.64. The topological polar surface area (TPSA) is 37.3 Å². The van der Waals surface area contributed by atoms with Crippen molar-refractivity contribution in [3.63, 3.8) is 0 Å². The number of hydrogen-bond donors (Lipinski definition) is 1. The molecule has 0 radical (unpaired) electrons. The summed E-state index contributed by atoms with van der Waals surface area (Å²) in [6, 6.07) is 20.5. The second kappa shape index (κ2) is 8.33. The van der Waals surface area contributed by atoms with Crippen LogP contribution < -0.4 is 5.32 Å². The molecule has 0 fully saturated rings. The van der Waals surface area contributed by atoms with E-state index in [-0.39, 0.29) is 11.9 Å². The normalized spacial score (nSPS) is 15.1. The third-order valence-electron chi connectivity index (χ3n) is 5.47. The number of benzene rings is 2. The maximum absolute atomic E-state index is 12.7. The number of fused-ring (bicyclic) bond motifs is 1. The van der Waals surface area contributed by atoms with Crippen molar-refractivity contribution < 1.29 is 4.79 Å². The summed E-state index contributed by atoms with van der Waals surface area (Å²) >= 11 is 3.44. The van der Waals surface area contributed by atoms with E-state index in [4.69, 9.17) is 0 Å². The van der Waals surface area contributed by atoms with E-state index in [9.17, 15) is 4.79 Å². The minimum atomic E-state index is -0.0436. The summed E-state index contributed by atoms with van der Waals surface area (Å²) in [5.74, 6) is -0.0436. The minimum absolute atomic E-state index is 0.0436. The number of nitrogens with one attached hydrogen (secondary N) is 1. The Hall–Kier alpha value is -2.37. The molecule has 144 valence electrons. The third-order valence-corrected chi connectivity index (χ3v) is 5.96. The van der Waals surface area contributed by atoms with E-state index in [1.165, 1.54) is 16.8 Å². The number of halogens is 1. The fourth-order valence-corrected chi connectivity index (χ4v) is 4.35. The number of nitrogens with zero attached hydrogens (tertiary/aromatic N) is 2. The third kappa shape index (κ3) is 4.05. The number of hydrogen-bond acceptors (Lipinski definition) is 2. The van der Waals surface area contributed by atoms with E-state index in [0.717, 1.165) is 24.0 Å². The quantitative estimate of drug-likeness (QED) is 0.645. The smallest absolute Gasteiger partial charge is 0.251 e. The second-order valence-electron chi connectivity index (χ2n) is 7.27. The number of amides is 1. The lowest BCUT2D eigenvalue weighted by Gasteiger charge is -2.36. The van der Waals surface area contributed by atoms with E-state index < -0.39 is 0 Å². The number of rotatable bonds is 5. The van der Waals surface area contributed by atoms with E-state index in [2.05, 4.69) is 80.4 Å². The van der Waals surface area contributed by atoms with Crippen LogP contribution in [0.2, 0.25) is 0 Å². The van der Waals surface area contributed by atoms with Crippen molar-refractivity contribution >= 4 is 21.8 Å². The van der Waals surface area contributed by atoms with E-state index in [1.54, 1.807) is 0 Å². The molecule has 1 unspecified atom stereocenters. The summed E-state index contributed by atoms with van der Waals surface area (Å²) in [5, 5.41) is 3.15. The van der Waals surface area contributed by atoms with Crippen molar-refractivity contribution in [2.75, 3.05) is 13.1 Å². The molecule has 0 bridgehead atoms. The number of aromatic nitrogens is 1. The molecule has 0 spiro atoms. The van der Waals surface area contributed by atoms with Crippen LogP contribution in [-0.2, 0) is 20.0 Å². The zero-order chi connectivity index (χ0) is 19.5. The van der Waals surface area contributed by atoms with Gasteiger partial charge < -0.3 is 9.88 Å². The summed E-state index contributed by atoms with van der Waals surface area (Å²) < 4.78 is 3.06. The fraction of sp³-hybridized carbons (Fsp3) is 0.261. The van der Waals surface area contributed by atoms with Crippen molar-refractivity contribution in [3.05, 3.63) is 93.7 Å². The van der Waals surface area contributed by atoms with Crippen LogP contribution in [0.4, 0.5) is 0 Å². The van der Waals surface area contributed by atoms with Gasteiger partial charge >= 0.3 is 0 Å². The molecule has 0 saturated heterocycles. The number of carbonyl (C=O) groups is 1. The molecule has 4 nitrogen and oxygen atoms in total. The monoisotopic (exact) mass is 437 g/mol. The SMILES string of the molecule is Cn1cccc1C(CNC(=O)c1cccc(Br)c1)N1CCc2ccccc2C1. The highest BCUT2D eigenvalue weighted by molar-refractivity contribution is 9.10. The van der Waals surface area contributed by atoms with Crippen LogP contribution >= 0.6 is 15.9 Å². The first-order chi connectivity index (χ1) is 13.6. The fourth-order valence-electron chi connectivity index (χ4n) is 3.95. The molecular weight excluding hydrogens is 414 g/mol. The van der Waals surface area contributed by atoms with Crippen LogP contribution in [-0.4, -0.2) is 28.5 Å². The summed E-state index contributed by atoms with van der Waals surface area (Å²) in [4.78, 5) is 15.2. The Morgan fingerprint density at radius 1 is 1.11 bits per heavy atom. The first-order valence-corrected chi connectivity index (χ1v) is 10.4. The molecule has 2 aromatic carbocycles. The zero-order valence-electron chi connectivity index (χ0n) is 15.9. The highest BCUT2D eigenvalue weighted by atomic mass is 79.9. The number of carbonyl (C=O) groups excluding carboxylic acids is 1. The lowest BCUT2D eigenvalue weighted by molar-refractivity contribution is 0.0925. The molecule has 1 N–H and O–H groups in total. The second-order valence-corrected chi connectivity index (χ2v) is 8.18. The molecule has 1 amide bonds. The molecule has 0 saturated carbocycles. The van der Waals surface area contributed by atoms with Crippen LogP contribution in [0.5, 0.6) is 0 Å². The van der Waals surface area contributed by atoms with Crippen LogP contribution in [0.25, 0.3) is 0 Å². The van der Waals surface area contributed by atoms with Crippen LogP contribution in [0.1, 0.15) is 33.2 Å². The molecule has 1 atom stereocenters. The van der Waals surface area contributed by atoms with Gasteiger partial charge in [0.05, 0.1) is 6.04 Å². The lowest BCUT2D eigenvalue weighted by atomic mass is 9.97. The highest BCUT2D eigenvalue weighted by Gasteiger charge is 2.26. The minimum Gasteiger partial charge on any atom is -0.353 e. The van der Waals surface area contributed by atoms with Gasteiger partial charge in [-0.1, -0.05) is 46.3 Å². The van der Waals surface area contributed by atoms with Crippen molar-refractivity contribution in [1.82, 2.24) is 14.8 Å². The van der Waals surface area contributed by atoms with Crippen molar-refractivity contribution in [2.24, 2.45) is 7.05 Å². The van der Waals surface area contributed by atoms with E-state index >= 15 is 0 Å². The Morgan fingerprint density at radius 3 is 2.68 bits per heavy atom. The highest BCUT2D eigenvalue weighted by Crippen LogP contribution is 2.27. The molecule has 5 heteroatoms. The first-order valence-electron chi connectivity index (χ1n) is 9.57. The van der Waals surface area contributed by atoms with Gasteiger partial charge in [-0.3, -0.25) is 9.69 Å². The molecule has 0 aliphatic carbocycles. The first kappa shape index (κ1) is 19.0. The van der Waals surface area contributed by atoms with Crippen molar-refractivity contribution in [1.29, 1.82) is 0 Å². The summed E-state index contributed by atoms with van der Waals surface area (Å²) in [5.41, 5.74) is 4.70. The van der Waals surface area contributed by atoms with Gasteiger partial charge in [0.1, 0.15) is 0 Å². The predicted octanol–water partition coefficient (Wildman–Crippen LogP) is 4.32. The summed E-state index contributed by atoms with van der Waals surface area (Å²) in [6.45, 7) is 2.46. The maximum Gasteiger partial charge on any atom is 0.251 e. The maximum atomic E-state index is 12.7. The molecule has 1 aliphatic rings. The zero-order valence-corrected chi connectivity index (χ0v) is 17.5. The van der Waals surface area contributed by atoms with Gasteiger partial charge in [-0.2, -0.15) is 0 Å². The van der Waals surface area contributed by atoms with Gasteiger partial charge in [-0.15, -0.1) is 0 Å². The molecule has 4 rings (SSSR count). The molecule has 3 aromatic rings. The molecule has 2 heterocycles. The van der Waals surface area contributed by atoms with Gasteiger partial charge in [0.2, 0.25) is 0 Å². The molecule has 1 aliphatic heterocycles. The van der Waals surface area contributed by atoms with Crippen LogP contribution in [0, 0.1) is 0 Å². The van der Waals surface area contributed by atoms with E-state index in [1.807, 2.05) is 24.3 Å². The summed E-state index contributed by atoms with van der Waals surface area (Å²) in [7, 11) is 2.07. The predicted molar refractivity (Wildman–Crippen MR) is 115 cm³/mol. The largest absolute Gasteiger partial charge is 0.353 e. The number of aryl methyl sites for hydroxylation is 1. The van der Waals surface area contributed by atoms with Crippen molar-refractivity contribution in [2.45, 2.75) is 19.0 Å². The van der Waals surface area contributed by atoms with Crippen LogP contribution in [0.3, 0.4) is 0 Å². The van der Waals surface area contributed by atoms with E-state index in [0.29, 0.717) is 12.1 Å². The van der Waals surface area contributed by atoms with Gasteiger partial charge in [0.25, 0.3) is 5.91 Å². The van der Waals surface area contributed by atoms with Gasteiger partial charge in [0.15, 0.2) is 0 Å². The Morgan fingerprint density at radius 2 is 1.93 bits per heavy atom. The van der Waals surface area contributed by atoms with Gasteiger partial charge in [-0.05, 0) is 47.9 Å².